The standard InChI is InChI=1S/C14H16FNO4/c1-9-2-3-11(15)10(6-9)13(19)16-14(7-12(17)18)4-5-20-8-14/h2-3,6H,4-5,7-8H2,1H3,(H,16,19)(H,17,18). The lowest BCUT2D eigenvalue weighted by Gasteiger charge is -2.27. The van der Waals surface area contributed by atoms with E-state index in [2.05, 4.69) is 5.32 Å². The molecule has 1 aromatic carbocycles. The zero-order valence-corrected chi connectivity index (χ0v) is 11.1. The Morgan fingerprint density at radius 2 is 2.25 bits per heavy atom. The Balaban J connectivity index is 2.20. The molecule has 2 rings (SSSR count). The summed E-state index contributed by atoms with van der Waals surface area (Å²) >= 11 is 0. The average Bonchev–Trinajstić information content (AvgIpc) is 2.79. The van der Waals surface area contributed by atoms with Gasteiger partial charge in [0.25, 0.3) is 5.91 Å². The molecule has 1 heterocycles. The Hall–Kier alpha value is -1.95. The lowest BCUT2D eigenvalue weighted by molar-refractivity contribution is -0.138. The molecule has 1 aromatic rings. The zero-order chi connectivity index (χ0) is 14.8. The number of ether oxygens (including phenoxy) is 1. The molecule has 0 saturated carbocycles. The molecule has 0 radical (unpaired) electrons. The molecule has 1 aliphatic heterocycles. The molecule has 0 bridgehead atoms. The average molecular weight is 281 g/mol. The Morgan fingerprint density at radius 1 is 1.50 bits per heavy atom. The molecule has 108 valence electrons. The number of halogens is 1. The maximum atomic E-state index is 13.7. The third-order valence-corrected chi connectivity index (χ3v) is 3.34. The van der Waals surface area contributed by atoms with Gasteiger partial charge in [-0.15, -0.1) is 0 Å². The molecular formula is C14H16FNO4. The largest absolute Gasteiger partial charge is 0.481 e. The van der Waals surface area contributed by atoms with E-state index in [4.69, 9.17) is 9.84 Å². The van der Waals surface area contributed by atoms with Crippen molar-refractivity contribution in [1.82, 2.24) is 5.32 Å². The molecule has 5 nitrogen and oxygen atoms in total. The Labute approximate surface area is 115 Å². The Morgan fingerprint density at radius 3 is 2.85 bits per heavy atom. The van der Waals surface area contributed by atoms with E-state index in [0.29, 0.717) is 13.0 Å². The molecule has 2 N–H and O–H groups in total. The van der Waals surface area contributed by atoms with Crippen LogP contribution >= 0.6 is 0 Å². The fourth-order valence-corrected chi connectivity index (χ4v) is 2.30. The van der Waals surface area contributed by atoms with Gasteiger partial charge in [-0.1, -0.05) is 11.6 Å². The number of benzene rings is 1. The first-order valence-corrected chi connectivity index (χ1v) is 6.30. The third kappa shape index (κ3) is 3.14. The summed E-state index contributed by atoms with van der Waals surface area (Å²) in [5.74, 6) is -2.27. The second-order valence-electron chi connectivity index (χ2n) is 5.09. The molecule has 0 aliphatic carbocycles. The van der Waals surface area contributed by atoms with Crippen molar-refractivity contribution in [3.05, 3.63) is 35.1 Å². The van der Waals surface area contributed by atoms with E-state index < -0.39 is 23.2 Å². The molecule has 0 spiro atoms. The molecule has 1 fully saturated rings. The van der Waals surface area contributed by atoms with E-state index in [1.165, 1.54) is 12.1 Å². The van der Waals surface area contributed by atoms with E-state index in [9.17, 15) is 14.0 Å². The molecular weight excluding hydrogens is 265 g/mol. The van der Waals surface area contributed by atoms with Crippen LogP contribution in [0.25, 0.3) is 0 Å². The highest BCUT2D eigenvalue weighted by Gasteiger charge is 2.39. The number of amides is 1. The van der Waals surface area contributed by atoms with Gasteiger partial charge in [0, 0.05) is 6.61 Å². The highest BCUT2D eigenvalue weighted by atomic mass is 19.1. The predicted octanol–water partition coefficient (Wildman–Crippen LogP) is 1.50. The Bertz CT molecular complexity index is 538. The number of hydrogen-bond acceptors (Lipinski definition) is 3. The normalized spacial score (nSPS) is 21.7. The van der Waals surface area contributed by atoms with Gasteiger partial charge in [-0.05, 0) is 25.5 Å². The SMILES string of the molecule is Cc1ccc(F)c(C(=O)NC2(CC(=O)O)CCOC2)c1. The maximum Gasteiger partial charge on any atom is 0.305 e. The number of carbonyl (C=O) groups is 2. The van der Waals surface area contributed by atoms with E-state index in [1.54, 1.807) is 13.0 Å². The van der Waals surface area contributed by atoms with Crippen LogP contribution in [-0.4, -0.2) is 35.7 Å². The molecule has 1 unspecified atom stereocenters. The fraction of sp³-hybridized carbons (Fsp3) is 0.429. The summed E-state index contributed by atoms with van der Waals surface area (Å²) in [6.45, 7) is 2.25. The van der Waals surface area contributed by atoms with Gasteiger partial charge in [0.1, 0.15) is 5.82 Å². The molecule has 1 aliphatic rings. The van der Waals surface area contributed by atoms with Gasteiger partial charge in [0.2, 0.25) is 0 Å². The number of rotatable bonds is 4. The van der Waals surface area contributed by atoms with E-state index >= 15 is 0 Å². The number of nitrogens with one attached hydrogen (secondary N) is 1. The van der Waals surface area contributed by atoms with Crippen LogP contribution in [-0.2, 0) is 9.53 Å². The second kappa shape index (κ2) is 5.58. The second-order valence-corrected chi connectivity index (χ2v) is 5.09. The maximum absolute atomic E-state index is 13.7. The lowest BCUT2D eigenvalue weighted by atomic mass is 9.93. The van der Waals surface area contributed by atoms with Crippen LogP contribution in [0.4, 0.5) is 4.39 Å². The van der Waals surface area contributed by atoms with Gasteiger partial charge in [0.05, 0.1) is 24.1 Å². The first-order chi connectivity index (χ1) is 9.42. The van der Waals surface area contributed by atoms with Crippen molar-refractivity contribution in [2.45, 2.75) is 25.3 Å². The fourth-order valence-electron chi connectivity index (χ4n) is 2.30. The number of aliphatic carboxylic acids is 1. The number of carboxylic acids is 1. The molecule has 1 saturated heterocycles. The van der Waals surface area contributed by atoms with Gasteiger partial charge in [-0.25, -0.2) is 4.39 Å². The number of hydrogen-bond donors (Lipinski definition) is 2. The first-order valence-electron chi connectivity index (χ1n) is 6.30. The monoisotopic (exact) mass is 281 g/mol. The summed E-state index contributed by atoms with van der Waals surface area (Å²) in [5.41, 5.74) is -0.285. The zero-order valence-electron chi connectivity index (χ0n) is 11.1. The van der Waals surface area contributed by atoms with Crippen LogP contribution < -0.4 is 5.32 Å². The topological polar surface area (TPSA) is 75.6 Å². The summed E-state index contributed by atoms with van der Waals surface area (Å²) in [7, 11) is 0. The first kappa shape index (κ1) is 14.5. The van der Waals surface area contributed by atoms with Crippen LogP contribution in [0, 0.1) is 12.7 Å². The van der Waals surface area contributed by atoms with Gasteiger partial charge >= 0.3 is 5.97 Å². The lowest BCUT2D eigenvalue weighted by Crippen LogP contribution is -2.50. The summed E-state index contributed by atoms with van der Waals surface area (Å²) < 4.78 is 18.9. The van der Waals surface area contributed by atoms with Gasteiger partial charge in [-0.2, -0.15) is 0 Å². The van der Waals surface area contributed by atoms with Crippen LogP contribution in [0.2, 0.25) is 0 Å². The van der Waals surface area contributed by atoms with Crippen LogP contribution in [0.1, 0.15) is 28.8 Å². The molecule has 1 atom stereocenters. The number of carboxylic acid groups (broad SMARTS) is 1. The van der Waals surface area contributed by atoms with Gasteiger partial charge in [-0.3, -0.25) is 9.59 Å². The van der Waals surface area contributed by atoms with Crippen molar-refractivity contribution in [3.63, 3.8) is 0 Å². The smallest absolute Gasteiger partial charge is 0.305 e. The van der Waals surface area contributed by atoms with Crippen LogP contribution in [0.15, 0.2) is 18.2 Å². The summed E-state index contributed by atoms with van der Waals surface area (Å²) in [5, 5.41) is 11.6. The van der Waals surface area contributed by atoms with Gasteiger partial charge < -0.3 is 15.2 Å². The third-order valence-electron chi connectivity index (χ3n) is 3.34. The van der Waals surface area contributed by atoms with E-state index in [-0.39, 0.29) is 18.6 Å². The van der Waals surface area contributed by atoms with Crippen molar-refractivity contribution < 1.29 is 23.8 Å². The van der Waals surface area contributed by atoms with Crippen molar-refractivity contribution in [3.8, 4) is 0 Å². The minimum absolute atomic E-state index is 0.0818. The van der Waals surface area contributed by atoms with Gasteiger partial charge in [0.15, 0.2) is 0 Å². The summed E-state index contributed by atoms with van der Waals surface area (Å²) in [6.07, 6.45) is 0.157. The Kier molecular flexibility index (Phi) is 4.04. The van der Waals surface area contributed by atoms with E-state index in [1.807, 2.05) is 0 Å². The van der Waals surface area contributed by atoms with Crippen molar-refractivity contribution in [2.75, 3.05) is 13.2 Å². The summed E-state index contributed by atoms with van der Waals surface area (Å²) in [4.78, 5) is 23.1. The van der Waals surface area contributed by atoms with Crippen molar-refractivity contribution >= 4 is 11.9 Å². The predicted molar refractivity (Wildman–Crippen MR) is 69.0 cm³/mol. The number of aryl methyl sites for hydroxylation is 1. The molecule has 0 aromatic heterocycles. The number of carbonyl (C=O) groups excluding carboxylic acids is 1. The molecule has 6 heteroatoms. The van der Waals surface area contributed by atoms with Crippen LogP contribution in [0.5, 0.6) is 0 Å². The quantitative estimate of drug-likeness (QED) is 0.877. The van der Waals surface area contributed by atoms with Crippen molar-refractivity contribution in [1.29, 1.82) is 0 Å². The minimum atomic E-state index is -1.03. The van der Waals surface area contributed by atoms with Crippen molar-refractivity contribution in [2.24, 2.45) is 0 Å². The van der Waals surface area contributed by atoms with E-state index in [0.717, 1.165) is 5.56 Å². The minimum Gasteiger partial charge on any atom is -0.481 e. The summed E-state index contributed by atoms with van der Waals surface area (Å²) in [6, 6.07) is 4.23. The molecule has 1 amide bonds. The highest BCUT2D eigenvalue weighted by Crippen LogP contribution is 2.24. The molecule has 20 heavy (non-hydrogen) atoms. The van der Waals surface area contributed by atoms with Crippen LogP contribution in [0.3, 0.4) is 0 Å². The highest BCUT2D eigenvalue weighted by molar-refractivity contribution is 5.95.